The minimum atomic E-state index is -0.168. The molecule has 0 saturated heterocycles. The van der Waals surface area contributed by atoms with Crippen LogP contribution in [-0.4, -0.2) is 16.0 Å². The number of aromatic nitrogens is 2. The predicted molar refractivity (Wildman–Crippen MR) is 91.5 cm³/mol. The van der Waals surface area contributed by atoms with Gasteiger partial charge in [0.1, 0.15) is 5.82 Å². The average molecular weight is 321 g/mol. The van der Waals surface area contributed by atoms with Crippen LogP contribution in [0.3, 0.4) is 0 Å². The zero-order chi connectivity index (χ0) is 16.1. The summed E-state index contributed by atoms with van der Waals surface area (Å²) in [6, 6.07) is 5.61. The summed E-state index contributed by atoms with van der Waals surface area (Å²) < 4.78 is 15.3. The van der Waals surface area contributed by atoms with Gasteiger partial charge in [-0.15, -0.1) is 0 Å². The Morgan fingerprint density at radius 3 is 2.68 bits per heavy atom. The summed E-state index contributed by atoms with van der Waals surface area (Å²) in [6.45, 7) is 7.08. The molecule has 0 aliphatic heterocycles. The van der Waals surface area contributed by atoms with E-state index in [9.17, 15) is 4.39 Å². The van der Waals surface area contributed by atoms with Crippen molar-refractivity contribution >= 4 is 11.8 Å². The highest BCUT2D eigenvalue weighted by atomic mass is 32.2. The van der Waals surface area contributed by atoms with Crippen molar-refractivity contribution in [2.45, 2.75) is 45.2 Å². The topological polar surface area (TPSA) is 29.9 Å². The second-order valence-electron chi connectivity index (χ2n) is 5.80. The van der Waals surface area contributed by atoms with Crippen molar-refractivity contribution in [3.8, 4) is 0 Å². The maximum absolute atomic E-state index is 13.4. The van der Waals surface area contributed by atoms with Crippen LogP contribution in [0.15, 0.2) is 30.6 Å². The van der Waals surface area contributed by atoms with E-state index in [1.807, 2.05) is 23.2 Å². The Labute approximate surface area is 136 Å². The van der Waals surface area contributed by atoms with Crippen molar-refractivity contribution in [1.29, 1.82) is 0 Å². The van der Waals surface area contributed by atoms with Crippen LogP contribution in [0.2, 0.25) is 0 Å². The number of nitrogens with one attached hydrogen (secondary N) is 1. The third-order valence-electron chi connectivity index (χ3n) is 3.72. The van der Waals surface area contributed by atoms with Crippen molar-refractivity contribution in [2.75, 3.05) is 6.26 Å². The van der Waals surface area contributed by atoms with Gasteiger partial charge in [0.05, 0.1) is 6.20 Å². The van der Waals surface area contributed by atoms with E-state index in [0.717, 1.165) is 23.4 Å². The molecule has 1 aromatic carbocycles. The number of rotatable bonds is 7. The van der Waals surface area contributed by atoms with Gasteiger partial charge in [0, 0.05) is 36.1 Å². The van der Waals surface area contributed by atoms with Crippen molar-refractivity contribution < 1.29 is 4.39 Å². The average Bonchev–Trinajstić information content (AvgIpc) is 2.96. The minimum absolute atomic E-state index is 0.168. The molecule has 0 bridgehead atoms. The molecule has 1 heterocycles. The Kier molecular flexibility index (Phi) is 6.03. The lowest BCUT2D eigenvalue weighted by Gasteiger charge is -2.15. The van der Waals surface area contributed by atoms with E-state index < -0.39 is 0 Å². The summed E-state index contributed by atoms with van der Waals surface area (Å²) in [5, 5.41) is 7.87. The molecule has 1 N–H and O–H groups in total. The lowest BCUT2D eigenvalue weighted by Crippen LogP contribution is -2.18. The highest BCUT2D eigenvalue weighted by Gasteiger charge is 2.10. The smallest absolute Gasteiger partial charge is 0.123 e. The summed E-state index contributed by atoms with van der Waals surface area (Å²) in [5.74, 6) is 0.660. The summed E-state index contributed by atoms with van der Waals surface area (Å²) in [7, 11) is 0. The molecule has 0 amide bonds. The molecule has 1 aromatic heterocycles. The largest absolute Gasteiger partial charge is 0.306 e. The van der Waals surface area contributed by atoms with Crippen LogP contribution in [0.25, 0.3) is 0 Å². The van der Waals surface area contributed by atoms with E-state index in [0.29, 0.717) is 6.04 Å². The molecule has 1 atom stereocenters. The normalized spacial score (nSPS) is 12.8. The molecule has 0 fully saturated rings. The van der Waals surface area contributed by atoms with Gasteiger partial charge in [-0.1, -0.05) is 6.07 Å². The Hall–Kier alpha value is -1.33. The minimum Gasteiger partial charge on any atom is -0.306 e. The maximum atomic E-state index is 13.4. The molecule has 0 unspecified atom stereocenters. The molecule has 2 rings (SSSR count). The number of halogens is 1. The lowest BCUT2D eigenvalue weighted by atomic mass is 10.1. The van der Waals surface area contributed by atoms with E-state index in [2.05, 4.69) is 37.4 Å². The van der Waals surface area contributed by atoms with Crippen LogP contribution in [0.4, 0.5) is 4.39 Å². The first-order valence-electron chi connectivity index (χ1n) is 7.55. The van der Waals surface area contributed by atoms with Gasteiger partial charge in [-0.05, 0) is 50.3 Å². The van der Waals surface area contributed by atoms with Crippen LogP contribution < -0.4 is 5.32 Å². The molecule has 0 aliphatic rings. The van der Waals surface area contributed by atoms with Gasteiger partial charge < -0.3 is 5.32 Å². The first-order chi connectivity index (χ1) is 10.5. The zero-order valence-electron chi connectivity index (χ0n) is 13.6. The molecule has 3 nitrogen and oxygen atoms in total. The summed E-state index contributed by atoms with van der Waals surface area (Å²) in [6.07, 6.45) is 6.02. The van der Waals surface area contributed by atoms with Gasteiger partial charge in [-0.2, -0.15) is 16.9 Å². The Balaban J connectivity index is 2.02. The van der Waals surface area contributed by atoms with Crippen molar-refractivity contribution in [3.05, 3.63) is 53.1 Å². The standard InChI is InChI=1S/C17H24FN3S/c1-12(2)21-10-16(9-20-21)13(3)19-8-14-5-6-17(18)7-15(14)11-22-4/h5-7,9-10,12-13,19H,8,11H2,1-4H3/t13-/m1/s1. The summed E-state index contributed by atoms with van der Waals surface area (Å²) in [5.41, 5.74) is 3.38. The fourth-order valence-corrected chi connectivity index (χ4v) is 2.88. The van der Waals surface area contributed by atoms with Crippen LogP contribution in [-0.2, 0) is 12.3 Å². The van der Waals surface area contributed by atoms with E-state index >= 15 is 0 Å². The summed E-state index contributed by atoms with van der Waals surface area (Å²) >= 11 is 1.71. The third kappa shape index (κ3) is 4.34. The first kappa shape index (κ1) is 17.0. The highest BCUT2D eigenvalue weighted by Crippen LogP contribution is 2.19. The number of hydrogen-bond acceptors (Lipinski definition) is 3. The van der Waals surface area contributed by atoms with Crippen LogP contribution in [0.1, 0.15) is 49.5 Å². The maximum Gasteiger partial charge on any atom is 0.123 e. The Morgan fingerprint density at radius 1 is 1.27 bits per heavy atom. The van der Waals surface area contributed by atoms with Crippen molar-refractivity contribution in [3.63, 3.8) is 0 Å². The van der Waals surface area contributed by atoms with Gasteiger partial charge in [0.25, 0.3) is 0 Å². The molecular weight excluding hydrogens is 297 g/mol. The molecule has 0 radical (unpaired) electrons. The number of thioether (sulfide) groups is 1. The summed E-state index contributed by atoms with van der Waals surface area (Å²) in [4.78, 5) is 0. The molecule has 0 aliphatic carbocycles. The number of benzene rings is 1. The van der Waals surface area contributed by atoms with Gasteiger partial charge in [-0.3, -0.25) is 4.68 Å². The van der Waals surface area contributed by atoms with Crippen LogP contribution >= 0.6 is 11.8 Å². The quantitative estimate of drug-likeness (QED) is 0.824. The molecule has 22 heavy (non-hydrogen) atoms. The molecule has 0 saturated carbocycles. The fourth-order valence-electron chi connectivity index (χ4n) is 2.30. The SMILES string of the molecule is CSCc1cc(F)ccc1CN[C@H](C)c1cnn(C(C)C)c1. The van der Waals surface area contributed by atoms with Gasteiger partial charge in [0.2, 0.25) is 0 Å². The second kappa shape index (κ2) is 7.79. The Bertz CT molecular complexity index is 610. The third-order valence-corrected chi connectivity index (χ3v) is 4.32. The molecule has 5 heteroatoms. The van der Waals surface area contributed by atoms with E-state index in [4.69, 9.17) is 0 Å². The highest BCUT2D eigenvalue weighted by molar-refractivity contribution is 7.97. The number of hydrogen-bond donors (Lipinski definition) is 1. The monoisotopic (exact) mass is 321 g/mol. The Morgan fingerprint density at radius 2 is 2.05 bits per heavy atom. The van der Waals surface area contributed by atoms with Crippen LogP contribution in [0.5, 0.6) is 0 Å². The van der Waals surface area contributed by atoms with E-state index in [-0.39, 0.29) is 11.9 Å². The number of nitrogens with zero attached hydrogens (tertiary/aromatic N) is 2. The molecule has 0 spiro atoms. The fraction of sp³-hybridized carbons (Fsp3) is 0.471. The van der Waals surface area contributed by atoms with E-state index in [1.54, 1.807) is 17.8 Å². The first-order valence-corrected chi connectivity index (χ1v) is 8.94. The van der Waals surface area contributed by atoms with Crippen LogP contribution in [0, 0.1) is 5.82 Å². The van der Waals surface area contributed by atoms with Gasteiger partial charge >= 0.3 is 0 Å². The van der Waals surface area contributed by atoms with Crippen molar-refractivity contribution in [2.24, 2.45) is 0 Å². The molecule has 120 valence electrons. The second-order valence-corrected chi connectivity index (χ2v) is 6.66. The lowest BCUT2D eigenvalue weighted by molar-refractivity contribution is 0.528. The van der Waals surface area contributed by atoms with Gasteiger partial charge in [0.15, 0.2) is 0 Å². The van der Waals surface area contributed by atoms with E-state index in [1.165, 1.54) is 11.6 Å². The zero-order valence-corrected chi connectivity index (χ0v) is 14.5. The molecular formula is C17H24FN3S. The van der Waals surface area contributed by atoms with Crippen molar-refractivity contribution in [1.82, 2.24) is 15.1 Å². The molecule has 2 aromatic rings. The predicted octanol–water partition coefficient (Wildman–Crippen LogP) is 4.32. The van der Waals surface area contributed by atoms with Gasteiger partial charge in [-0.25, -0.2) is 4.39 Å².